The van der Waals surface area contributed by atoms with Crippen LogP contribution in [0.15, 0.2) is 24.3 Å². The quantitative estimate of drug-likeness (QED) is 0.733. The number of benzene rings is 1. The Kier molecular flexibility index (Phi) is 3.95. The van der Waals surface area contributed by atoms with Gasteiger partial charge in [0.25, 0.3) is 0 Å². The van der Waals surface area contributed by atoms with E-state index in [9.17, 15) is 4.79 Å². The number of amides is 2. The highest BCUT2D eigenvalue weighted by Crippen LogP contribution is 2.10. The van der Waals surface area contributed by atoms with Crippen LogP contribution < -0.4 is 16.4 Å². The highest BCUT2D eigenvalue weighted by Gasteiger charge is 2.17. The van der Waals surface area contributed by atoms with E-state index < -0.39 is 0 Å². The Morgan fingerprint density at radius 3 is 3.12 bits per heavy atom. The first-order valence-electron chi connectivity index (χ1n) is 5.72. The summed E-state index contributed by atoms with van der Waals surface area (Å²) in [5.41, 5.74) is 7.28. The Hall–Kier alpha value is -1.59. The van der Waals surface area contributed by atoms with Crippen LogP contribution in [0.4, 0.5) is 10.5 Å². The maximum atomic E-state index is 11.7. The Labute approximate surface area is 100 Å². The number of anilines is 1. The van der Waals surface area contributed by atoms with Gasteiger partial charge in [-0.2, -0.15) is 0 Å². The van der Waals surface area contributed by atoms with Crippen LogP contribution in [0.1, 0.15) is 12.0 Å². The number of urea groups is 1. The van der Waals surface area contributed by atoms with Crippen LogP contribution in [0.25, 0.3) is 0 Å². The van der Waals surface area contributed by atoms with Gasteiger partial charge >= 0.3 is 6.03 Å². The number of carbonyl (C=O) groups is 1. The van der Waals surface area contributed by atoms with Gasteiger partial charge < -0.3 is 21.1 Å². The fourth-order valence-corrected chi connectivity index (χ4v) is 1.78. The number of rotatable bonds is 3. The SMILES string of the molecule is NCc1cccc(NC(=O)NC2CCOC2)c1. The maximum Gasteiger partial charge on any atom is 0.319 e. The zero-order chi connectivity index (χ0) is 12.1. The standard InChI is InChI=1S/C12H17N3O2/c13-7-9-2-1-3-10(6-9)14-12(16)15-11-4-5-17-8-11/h1-3,6,11H,4-5,7-8,13H2,(H2,14,15,16). The molecule has 5 nitrogen and oxygen atoms in total. The van der Waals surface area contributed by atoms with Crippen molar-refractivity contribution in [2.24, 2.45) is 5.73 Å². The van der Waals surface area contributed by atoms with Crippen LogP contribution in [0.5, 0.6) is 0 Å². The second-order valence-corrected chi connectivity index (χ2v) is 4.06. The van der Waals surface area contributed by atoms with Gasteiger partial charge in [-0.15, -0.1) is 0 Å². The first-order chi connectivity index (χ1) is 8.28. The van der Waals surface area contributed by atoms with Crippen molar-refractivity contribution in [3.63, 3.8) is 0 Å². The fraction of sp³-hybridized carbons (Fsp3) is 0.417. The molecule has 1 unspecified atom stereocenters. The first kappa shape index (κ1) is 11.9. The highest BCUT2D eigenvalue weighted by molar-refractivity contribution is 5.89. The van der Waals surface area contributed by atoms with Gasteiger partial charge in [0.2, 0.25) is 0 Å². The van der Waals surface area contributed by atoms with Crippen LogP contribution >= 0.6 is 0 Å². The van der Waals surface area contributed by atoms with Crippen molar-refractivity contribution in [3.8, 4) is 0 Å². The third-order valence-electron chi connectivity index (χ3n) is 2.69. The monoisotopic (exact) mass is 235 g/mol. The molecule has 0 aromatic heterocycles. The molecule has 0 radical (unpaired) electrons. The Morgan fingerprint density at radius 2 is 2.41 bits per heavy atom. The van der Waals surface area contributed by atoms with E-state index in [0.717, 1.165) is 17.7 Å². The third kappa shape index (κ3) is 3.44. The molecular formula is C12H17N3O2. The highest BCUT2D eigenvalue weighted by atomic mass is 16.5. The molecule has 0 saturated carbocycles. The predicted octanol–water partition coefficient (Wildman–Crippen LogP) is 1.06. The molecular weight excluding hydrogens is 218 g/mol. The molecule has 5 heteroatoms. The summed E-state index contributed by atoms with van der Waals surface area (Å²) in [5.74, 6) is 0. The predicted molar refractivity (Wildman–Crippen MR) is 65.7 cm³/mol. The molecule has 0 bridgehead atoms. The molecule has 0 spiro atoms. The molecule has 4 N–H and O–H groups in total. The minimum atomic E-state index is -0.199. The van der Waals surface area contributed by atoms with Crippen molar-refractivity contribution in [2.45, 2.75) is 19.0 Å². The third-order valence-corrected chi connectivity index (χ3v) is 2.69. The van der Waals surface area contributed by atoms with Crippen LogP contribution in [0, 0.1) is 0 Å². The molecule has 2 rings (SSSR count). The van der Waals surface area contributed by atoms with Gasteiger partial charge in [0.15, 0.2) is 0 Å². The summed E-state index contributed by atoms with van der Waals surface area (Å²) in [5, 5.41) is 5.64. The number of hydrogen-bond donors (Lipinski definition) is 3. The van der Waals surface area contributed by atoms with Gasteiger partial charge in [0, 0.05) is 18.8 Å². The number of nitrogens with one attached hydrogen (secondary N) is 2. The summed E-state index contributed by atoms with van der Waals surface area (Å²) in [6, 6.07) is 7.42. The molecule has 1 aliphatic heterocycles. The molecule has 1 aromatic carbocycles. The maximum absolute atomic E-state index is 11.7. The van der Waals surface area contributed by atoms with Crippen LogP contribution in [0.3, 0.4) is 0 Å². The van der Waals surface area contributed by atoms with Crippen LogP contribution in [-0.4, -0.2) is 25.3 Å². The van der Waals surface area contributed by atoms with Crippen molar-refractivity contribution in [1.29, 1.82) is 0 Å². The van der Waals surface area contributed by atoms with Gasteiger partial charge in [0.05, 0.1) is 12.6 Å². The summed E-state index contributed by atoms with van der Waals surface area (Å²) in [6.07, 6.45) is 0.871. The smallest absolute Gasteiger partial charge is 0.319 e. The van der Waals surface area contributed by atoms with Crippen LogP contribution in [-0.2, 0) is 11.3 Å². The number of carbonyl (C=O) groups excluding carboxylic acids is 1. The zero-order valence-electron chi connectivity index (χ0n) is 9.61. The van der Waals surface area contributed by atoms with E-state index >= 15 is 0 Å². The lowest BCUT2D eigenvalue weighted by Crippen LogP contribution is -2.38. The molecule has 1 aliphatic rings. The van der Waals surface area contributed by atoms with E-state index in [-0.39, 0.29) is 12.1 Å². The number of nitrogens with two attached hydrogens (primary N) is 1. The molecule has 17 heavy (non-hydrogen) atoms. The lowest BCUT2D eigenvalue weighted by Gasteiger charge is -2.12. The second-order valence-electron chi connectivity index (χ2n) is 4.06. The van der Waals surface area contributed by atoms with E-state index in [4.69, 9.17) is 10.5 Å². The summed E-state index contributed by atoms with van der Waals surface area (Å²) in [4.78, 5) is 11.7. The lowest BCUT2D eigenvalue weighted by atomic mass is 10.2. The minimum absolute atomic E-state index is 0.118. The summed E-state index contributed by atoms with van der Waals surface area (Å²) < 4.78 is 5.19. The first-order valence-corrected chi connectivity index (χ1v) is 5.72. The van der Waals surface area contributed by atoms with E-state index in [1.165, 1.54) is 0 Å². The van der Waals surface area contributed by atoms with E-state index in [1.54, 1.807) is 0 Å². The van der Waals surface area contributed by atoms with Crippen LogP contribution in [0.2, 0.25) is 0 Å². The van der Waals surface area contributed by atoms with Gasteiger partial charge in [-0.3, -0.25) is 0 Å². The van der Waals surface area contributed by atoms with Crippen molar-refractivity contribution in [3.05, 3.63) is 29.8 Å². The molecule has 92 valence electrons. The second kappa shape index (κ2) is 5.65. The minimum Gasteiger partial charge on any atom is -0.379 e. The Morgan fingerprint density at radius 1 is 1.53 bits per heavy atom. The zero-order valence-corrected chi connectivity index (χ0v) is 9.61. The van der Waals surface area contributed by atoms with E-state index in [2.05, 4.69) is 10.6 Å². The van der Waals surface area contributed by atoms with Gasteiger partial charge in [-0.25, -0.2) is 4.79 Å². The average molecular weight is 235 g/mol. The topological polar surface area (TPSA) is 76.4 Å². The molecule has 1 fully saturated rings. The van der Waals surface area contributed by atoms with Crippen molar-refractivity contribution in [1.82, 2.24) is 5.32 Å². The summed E-state index contributed by atoms with van der Waals surface area (Å²) >= 11 is 0. The average Bonchev–Trinajstić information content (AvgIpc) is 2.82. The molecule has 1 aromatic rings. The molecule has 0 aliphatic carbocycles. The van der Waals surface area contributed by atoms with Crippen molar-refractivity contribution < 1.29 is 9.53 Å². The van der Waals surface area contributed by atoms with E-state index in [1.807, 2.05) is 24.3 Å². The van der Waals surface area contributed by atoms with Gasteiger partial charge in [-0.05, 0) is 24.1 Å². The number of hydrogen-bond acceptors (Lipinski definition) is 3. The molecule has 2 amide bonds. The van der Waals surface area contributed by atoms with Crippen molar-refractivity contribution >= 4 is 11.7 Å². The summed E-state index contributed by atoms with van der Waals surface area (Å²) in [7, 11) is 0. The molecule has 1 saturated heterocycles. The van der Waals surface area contributed by atoms with Gasteiger partial charge in [-0.1, -0.05) is 12.1 Å². The van der Waals surface area contributed by atoms with Gasteiger partial charge in [0.1, 0.15) is 0 Å². The Balaban J connectivity index is 1.88. The Bertz CT molecular complexity index is 389. The lowest BCUT2D eigenvalue weighted by molar-refractivity contribution is 0.189. The fourth-order valence-electron chi connectivity index (χ4n) is 1.78. The van der Waals surface area contributed by atoms with Crippen molar-refractivity contribution in [2.75, 3.05) is 18.5 Å². The summed E-state index contributed by atoms with van der Waals surface area (Å²) in [6.45, 7) is 1.78. The van der Waals surface area contributed by atoms with E-state index in [0.29, 0.717) is 19.8 Å². The normalized spacial score (nSPS) is 19.0. The molecule has 1 atom stereocenters. The molecule has 1 heterocycles. The number of ether oxygens (including phenoxy) is 1. The largest absolute Gasteiger partial charge is 0.379 e.